The van der Waals surface area contributed by atoms with E-state index in [9.17, 15) is 4.79 Å². The number of amides is 1. The highest BCUT2D eigenvalue weighted by molar-refractivity contribution is 7.99. The number of carbonyl (C=O) groups is 1. The smallest absolute Gasteiger partial charge is 0.233 e. The van der Waals surface area contributed by atoms with Crippen LogP contribution in [0.2, 0.25) is 0 Å². The quantitative estimate of drug-likeness (QED) is 0.503. The first kappa shape index (κ1) is 20.6. The van der Waals surface area contributed by atoms with Crippen molar-refractivity contribution in [2.24, 2.45) is 0 Å². The van der Waals surface area contributed by atoms with E-state index in [1.54, 1.807) is 11.3 Å². The Morgan fingerprint density at radius 2 is 1.79 bits per heavy atom. The van der Waals surface area contributed by atoms with Crippen LogP contribution in [-0.4, -0.2) is 43.4 Å². The van der Waals surface area contributed by atoms with Crippen molar-refractivity contribution in [3.05, 3.63) is 58.5 Å². The first-order valence-corrected chi connectivity index (χ1v) is 11.3. The molecule has 28 heavy (non-hydrogen) atoms. The van der Waals surface area contributed by atoms with Gasteiger partial charge in [-0.25, -0.2) is 0 Å². The number of rotatable bonds is 8. The minimum Gasteiger partial charge on any atom is -0.337 e. The van der Waals surface area contributed by atoms with Gasteiger partial charge in [-0.2, -0.15) is 0 Å². The largest absolute Gasteiger partial charge is 0.337 e. The van der Waals surface area contributed by atoms with E-state index in [0.717, 1.165) is 23.1 Å². The van der Waals surface area contributed by atoms with E-state index in [0.29, 0.717) is 5.75 Å². The summed E-state index contributed by atoms with van der Waals surface area (Å²) in [5.74, 6) is 1.35. The Morgan fingerprint density at radius 3 is 2.39 bits per heavy atom. The monoisotopic (exact) mass is 414 g/mol. The van der Waals surface area contributed by atoms with E-state index in [1.165, 1.54) is 16.6 Å². The van der Waals surface area contributed by atoms with Gasteiger partial charge in [-0.1, -0.05) is 36.0 Å². The predicted molar refractivity (Wildman–Crippen MR) is 116 cm³/mol. The lowest BCUT2D eigenvalue weighted by atomic mass is 10.2. The van der Waals surface area contributed by atoms with Crippen molar-refractivity contribution in [3.8, 4) is 5.69 Å². The van der Waals surface area contributed by atoms with Crippen molar-refractivity contribution in [2.45, 2.75) is 51.4 Å². The Kier molecular flexibility index (Phi) is 6.91. The molecule has 1 amide bonds. The lowest BCUT2D eigenvalue weighted by Crippen LogP contribution is -2.43. The highest BCUT2D eigenvalue weighted by Crippen LogP contribution is 2.25. The molecule has 0 saturated carbocycles. The molecule has 1 aromatic carbocycles. The summed E-state index contributed by atoms with van der Waals surface area (Å²) in [6.07, 6.45) is 0.720. The van der Waals surface area contributed by atoms with E-state index in [1.807, 2.05) is 69.0 Å². The van der Waals surface area contributed by atoms with Gasteiger partial charge in [-0.15, -0.1) is 21.5 Å². The van der Waals surface area contributed by atoms with Gasteiger partial charge in [0, 0.05) is 29.1 Å². The minimum atomic E-state index is 0.123. The third-order valence-electron chi connectivity index (χ3n) is 4.35. The number of para-hydroxylation sites is 1. The zero-order valence-electron chi connectivity index (χ0n) is 16.7. The van der Waals surface area contributed by atoms with Gasteiger partial charge < -0.3 is 4.90 Å². The molecule has 0 bridgehead atoms. The molecule has 0 aliphatic heterocycles. The Hall–Kier alpha value is -2.12. The van der Waals surface area contributed by atoms with Gasteiger partial charge in [0.1, 0.15) is 5.82 Å². The van der Waals surface area contributed by atoms with Gasteiger partial charge in [0.25, 0.3) is 0 Å². The molecule has 0 unspecified atom stereocenters. The molecule has 0 fully saturated rings. The molecule has 3 rings (SSSR count). The van der Waals surface area contributed by atoms with Crippen molar-refractivity contribution in [3.63, 3.8) is 0 Å². The molecular formula is C21H26N4OS2. The molecule has 0 spiro atoms. The molecule has 0 aliphatic rings. The molecule has 0 saturated heterocycles. The zero-order chi connectivity index (χ0) is 20.1. The second-order valence-electron chi connectivity index (χ2n) is 7.10. The SMILES string of the molecule is CC(C)N(C(=O)CSc1nnc(Cc2cccs2)n1-c1ccccc1)C(C)C. The average Bonchev–Trinajstić information content (AvgIpc) is 3.30. The van der Waals surface area contributed by atoms with Crippen molar-refractivity contribution in [1.82, 2.24) is 19.7 Å². The Bertz CT molecular complexity index is 881. The van der Waals surface area contributed by atoms with Gasteiger partial charge in [0.05, 0.1) is 5.75 Å². The normalized spacial score (nSPS) is 11.4. The van der Waals surface area contributed by atoms with Crippen LogP contribution in [0.4, 0.5) is 0 Å². The molecule has 0 aliphatic carbocycles. The van der Waals surface area contributed by atoms with Crippen molar-refractivity contribution in [1.29, 1.82) is 0 Å². The Labute approximate surface area is 174 Å². The van der Waals surface area contributed by atoms with E-state index < -0.39 is 0 Å². The van der Waals surface area contributed by atoms with E-state index in [2.05, 4.69) is 26.2 Å². The van der Waals surface area contributed by atoms with Gasteiger partial charge in [-0.05, 0) is 51.3 Å². The fourth-order valence-electron chi connectivity index (χ4n) is 3.29. The van der Waals surface area contributed by atoms with E-state index >= 15 is 0 Å². The van der Waals surface area contributed by atoms with Gasteiger partial charge in [-0.3, -0.25) is 9.36 Å². The van der Waals surface area contributed by atoms with Crippen LogP contribution in [0.25, 0.3) is 5.69 Å². The van der Waals surface area contributed by atoms with Crippen LogP contribution in [0.15, 0.2) is 53.0 Å². The fraction of sp³-hybridized carbons (Fsp3) is 0.381. The average molecular weight is 415 g/mol. The zero-order valence-corrected chi connectivity index (χ0v) is 18.3. The van der Waals surface area contributed by atoms with E-state index in [-0.39, 0.29) is 18.0 Å². The van der Waals surface area contributed by atoms with Crippen molar-refractivity contribution in [2.75, 3.05) is 5.75 Å². The maximum atomic E-state index is 12.8. The maximum Gasteiger partial charge on any atom is 0.233 e. The number of thiophene rings is 1. The fourth-order valence-corrected chi connectivity index (χ4v) is 4.83. The number of carbonyl (C=O) groups excluding carboxylic acids is 1. The molecular weight excluding hydrogens is 388 g/mol. The topological polar surface area (TPSA) is 51.0 Å². The van der Waals surface area contributed by atoms with Crippen LogP contribution in [0.1, 0.15) is 38.4 Å². The van der Waals surface area contributed by atoms with Crippen LogP contribution in [0.5, 0.6) is 0 Å². The summed E-state index contributed by atoms with van der Waals surface area (Å²) in [5, 5.41) is 11.7. The van der Waals surface area contributed by atoms with Gasteiger partial charge >= 0.3 is 0 Å². The summed E-state index contributed by atoms with van der Waals surface area (Å²) in [6, 6.07) is 14.6. The second-order valence-corrected chi connectivity index (χ2v) is 9.08. The van der Waals surface area contributed by atoms with Crippen molar-refractivity contribution < 1.29 is 4.79 Å². The second kappa shape index (κ2) is 9.39. The molecule has 3 aromatic rings. The summed E-state index contributed by atoms with van der Waals surface area (Å²) in [4.78, 5) is 15.9. The molecule has 0 N–H and O–H groups in total. The Balaban J connectivity index is 1.85. The number of nitrogens with zero attached hydrogens (tertiary/aromatic N) is 4. The third-order valence-corrected chi connectivity index (χ3v) is 6.14. The van der Waals surface area contributed by atoms with Crippen molar-refractivity contribution >= 4 is 29.0 Å². The van der Waals surface area contributed by atoms with E-state index in [4.69, 9.17) is 0 Å². The maximum absolute atomic E-state index is 12.8. The standard InChI is InChI=1S/C21H26N4OS2/c1-15(2)24(16(3)4)20(26)14-28-21-23-22-19(13-18-11-8-12-27-18)25(21)17-9-6-5-7-10-17/h5-12,15-16H,13-14H2,1-4H3. The molecule has 7 heteroatoms. The highest BCUT2D eigenvalue weighted by atomic mass is 32.2. The summed E-state index contributed by atoms with van der Waals surface area (Å²) in [5.41, 5.74) is 1.01. The first-order chi connectivity index (χ1) is 13.5. The molecule has 0 atom stereocenters. The van der Waals surface area contributed by atoms with Crippen LogP contribution < -0.4 is 0 Å². The van der Waals surface area contributed by atoms with Gasteiger partial charge in [0.2, 0.25) is 5.91 Å². The van der Waals surface area contributed by atoms with Crippen LogP contribution in [0.3, 0.4) is 0 Å². The van der Waals surface area contributed by atoms with Gasteiger partial charge in [0.15, 0.2) is 5.16 Å². The molecule has 5 nitrogen and oxygen atoms in total. The molecule has 0 radical (unpaired) electrons. The summed E-state index contributed by atoms with van der Waals surface area (Å²) in [6.45, 7) is 8.20. The number of aromatic nitrogens is 3. The lowest BCUT2D eigenvalue weighted by molar-refractivity contribution is -0.131. The summed E-state index contributed by atoms with van der Waals surface area (Å²) < 4.78 is 2.06. The van der Waals surface area contributed by atoms with Crippen LogP contribution >= 0.6 is 23.1 Å². The van der Waals surface area contributed by atoms with Crippen LogP contribution in [-0.2, 0) is 11.2 Å². The summed E-state index contributed by atoms with van der Waals surface area (Å²) in [7, 11) is 0. The summed E-state index contributed by atoms with van der Waals surface area (Å²) >= 11 is 3.16. The molecule has 148 valence electrons. The molecule has 2 aromatic heterocycles. The number of hydrogen-bond donors (Lipinski definition) is 0. The minimum absolute atomic E-state index is 0.123. The Morgan fingerprint density at radius 1 is 1.07 bits per heavy atom. The molecule has 2 heterocycles. The highest BCUT2D eigenvalue weighted by Gasteiger charge is 2.22. The lowest BCUT2D eigenvalue weighted by Gasteiger charge is -2.30. The number of hydrogen-bond acceptors (Lipinski definition) is 5. The predicted octanol–water partition coefficient (Wildman–Crippen LogP) is 4.66. The number of benzene rings is 1. The third kappa shape index (κ3) is 4.83. The van der Waals surface area contributed by atoms with Crippen LogP contribution in [0, 0.1) is 0 Å². The number of thioether (sulfide) groups is 1. The first-order valence-electron chi connectivity index (χ1n) is 9.43.